The fourth-order valence-electron chi connectivity index (χ4n) is 1.69. The lowest BCUT2D eigenvalue weighted by atomic mass is 10.2. The van der Waals surface area contributed by atoms with Gasteiger partial charge in [-0.25, -0.2) is 9.97 Å². The van der Waals surface area contributed by atoms with Crippen LogP contribution < -0.4 is 16.0 Å². The van der Waals surface area contributed by atoms with Crippen molar-refractivity contribution >= 4 is 29.2 Å². The summed E-state index contributed by atoms with van der Waals surface area (Å²) in [4.78, 5) is 20.0. The molecule has 2 rings (SSSR count). The number of hydrogen-bond donors (Lipinski definition) is 3. The first-order chi connectivity index (χ1) is 10.8. The van der Waals surface area contributed by atoms with Crippen LogP contribution in [0.4, 0.5) is 5.95 Å². The quantitative estimate of drug-likeness (QED) is 0.555. The number of anilines is 1. The number of rotatable bonds is 6. The molecule has 0 saturated carbocycles. The van der Waals surface area contributed by atoms with E-state index in [-0.39, 0.29) is 5.91 Å². The van der Waals surface area contributed by atoms with Gasteiger partial charge in [-0.05, 0) is 36.8 Å². The third-order valence-electron chi connectivity index (χ3n) is 2.75. The third-order valence-corrected chi connectivity index (χ3v) is 3.00. The van der Waals surface area contributed by atoms with E-state index < -0.39 is 0 Å². The van der Waals surface area contributed by atoms with Crippen molar-refractivity contribution in [3.8, 4) is 0 Å². The molecule has 2 aromatic rings. The van der Waals surface area contributed by atoms with Crippen molar-refractivity contribution in [2.75, 3.05) is 18.4 Å². The molecule has 114 valence electrons. The molecule has 0 spiro atoms. The van der Waals surface area contributed by atoms with Gasteiger partial charge in [0.2, 0.25) is 5.95 Å². The highest BCUT2D eigenvalue weighted by atomic mass is 32.1. The molecular weight excluding hydrogens is 298 g/mol. The first kappa shape index (κ1) is 15.8. The Labute approximate surface area is 134 Å². The summed E-state index contributed by atoms with van der Waals surface area (Å²) in [5.41, 5.74) is 0.578. The first-order valence-corrected chi connectivity index (χ1v) is 7.31. The number of carbonyl (C=O) groups excluding carboxylic acids is 1. The average molecular weight is 315 g/mol. The predicted molar refractivity (Wildman–Crippen MR) is 89.6 cm³/mol. The summed E-state index contributed by atoms with van der Waals surface area (Å²) < 4.78 is 0. The summed E-state index contributed by atoms with van der Waals surface area (Å²) in [6, 6.07) is 10.7. The lowest BCUT2D eigenvalue weighted by Crippen LogP contribution is -2.39. The molecule has 1 heterocycles. The molecule has 1 amide bonds. The van der Waals surface area contributed by atoms with E-state index in [1.165, 1.54) is 0 Å². The van der Waals surface area contributed by atoms with E-state index in [0.717, 1.165) is 6.42 Å². The largest absolute Gasteiger partial charge is 0.362 e. The second kappa shape index (κ2) is 8.68. The van der Waals surface area contributed by atoms with Gasteiger partial charge in [0.05, 0.1) is 0 Å². The normalized spacial score (nSPS) is 9.82. The van der Waals surface area contributed by atoms with E-state index in [9.17, 15) is 4.79 Å². The zero-order valence-corrected chi connectivity index (χ0v) is 12.8. The monoisotopic (exact) mass is 315 g/mol. The molecule has 3 N–H and O–H groups in total. The number of nitrogens with one attached hydrogen (secondary N) is 3. The molecule has 0 saturated heterocycles. The zero-order chi connectivity index (χ0) is 15.6. The summed E-state index contributed by atoms with van der Waals surface area (Å²) in [7, 11) is 0. The van der Waals surface area contributed by atoms with Gasteiger partial charge in [-0.2, -0.15) is 0 Å². The number of amides is 1. The average Bonchev–Trinajstić information content (AvgIpc) is 2.56. The summed E-state index contributed by atoms with van der Waals surface area (Å²) in [5.74, 6) is 0.386. The Morgan fingerprint density at radius 3 is 2.50 bits per heavy atom. The molecule has 0 atom stereocenters. The predicted octanol–water partition coefficient (Wildman–Crippen LogP) is 1.58. The van der Waals surface area contributed by atoms with Crippen LogP contribution in [0.1, 0.15) is 16.8 Å². The number of nitrogens with zero attached hydrogens (tertiary/aromatic N) is 2. The van der Waals surface area contributed by atoms with Crippen LogP contribution in [-0.2, 0) is 0 Å². The number of hydrogen-bond acceptors (Lipinski definition) is 5. The fraction of sp³-hybridized carbons (Fsp3) is 0.200. The van der Waals surface area contributed by atoms with Crippen LogP contribution >= 0.6 is 12.2 Å². The molecular formula is C15H17N5OS. The Hall–Kier alpha value is -2.54. The second-order valence-electron chi connectivity index (χ2n) is 4.43. The van der Waals surface area contributed by atoms with E-state index in [2.05, 4.69) is 25.9 Å². The van der Waals surface area contributed by atoms with Crippen molar-refractivity contribution in [2.24, 2.45) is 0 Å². The molecule has 6 nitrogen and oxygen atoms in total. The Morgan fingerprint density at radius 1 is 1.05 bits per heavy atom. The lowest BCUT2D eigenvalue weighted by Gasteiger charge is -2.09. The molecule has 0 fully saturated rings. The van der Waals surface area contributed by atoms with Gasteiger partial charge in [0, 0.05) is 31.0 Å². The van der Waals surface area contributed by atoms with Crippen LogP contribution in [0, 0.1) is 0 Å². The molecule has 7 heteroatoms. The number of aromatic nitrogens is 2. The molecule has 0 aliphatic rings. The highest BCUT2D eigenvalue weighted by Crippen LogP contribution is 1.97. The topological polar surface area (TPSA) is 78.9 Å². The van der Waals surface area contributed by atoms with E-state index in [1.54, 1.807) is 30.6 Å². The number of thiocarbonyl (C=S) groups is 1. The van der Waals surface area contributed by atoms with Gasteiger partial charge in [-0.15, -0.1) is 0 Å². The maximum absolute atomic E-state index is 11.9. The number of carbonyl (C=O) groups is 1. The van der Waals surface area contributed by atoms with E-state index >= 15 is 0 Å². The zero-order valence-electron chi connectivity index (χ0n) is 12.0. The van der Waals surface area contributed by atoms with Crippen LogP contribution in [0.15, 0.2) is 48.8 Å². The van der Waals surface area contributed by atoms with Gasteiger partial charge in [-0.1, -0.05) is 18.2 Å². The summed E-state index contributed by atoms with van der Waals surface area (Å²) >= 11 is 5.09. The first-order valence-electron chi connectivity index (χ1n) is 6.91. The maximum atomic E-state index is 11.9. The van der Waals surface area contributed by atoms with Crippen LogP contribution in [0.2, 0.25) is 0 Å². The summed E-state index contributed by atoms with van der Waals surface area (Å²) in [6.45, 7) is 1.36. The van der Waals surface area contributed by atoms with Gasteiger partial charge in [-0.3, -0.25) is 10.1 Å². The third kappa shape index (κ3) is 5.45. The van der Waals surface area contributed by atoms with Gasteiger partial charge in [0.1, 0.15) is 0 Å². The molecule has 0 bridgehead atoms. The van der Waals surface area contributed by atoms with Gasteiger partial charge < -0.3 is 10.6 Å². The Morgan fingerprint density at radius 2 is 1.77 bits per heavy atom. The SMILES string of the molecule is O=C(NC(=S)NCCCNc1ncccn1)c1ccccc1. The summed E-state index contributed by atoms with van der Waals surface area (Å²) in [6.07, 6.45) is 4.18. The molecule has 0 unspecified atom stereocenters. The minimum Gasteiger partial charge on any atom is -0.362 e. The van der Waals surface area contributed by atoms with Crippen LogP contribution in [0.25, 0.3) is 0 Å². The Kier molecular flexibility index (Phi) is 6.25. The molecule has 1 aromatic carbocycles. The van der Waals surface area contributed by atoms with Crippen molar-refractivity contribution in [3.05, 3.63) is 54.4 Å². The highest BCUT2D eigenvalue weighted by Gasteiger charge is 2.06. The van der Waals surface area contributed by atoms with Crippen molar-refractivity contribution in [1.29, 1.82) is 0 Å². The minimum absolute atomic E-state index is 0.214. The Bertz CT molecular complexity index is 606. The highest BCUT2D eigenvalue weighted by molar-refractivity contribution is 7.80. The van der Waals surface area contributed by atoms with Crippen molar-refractivity contribution in [1.82, 2.24) is 20.6 Å². The molecule has 0 aliphatic heterocycles. The Balaban J connectivity index is 1.61. The van der Waals surface area contributed by atoms with E-state index in [4.69, 9.17) is 12.2 Å². The van der Waals surface area contributed by atoms with Gasteiger partial charge in [0.25, 0.3) is 5.91 Å². The minimum atomic E-state index is -0.214. The lowest BCUT2D eigenvalue weighted by molar-refractivity contribution is 0.0976. The fourth-order valence-corrected chi connectivity index (χ4v) is 1.88. The van der Waals surface area contributed by atoms with Crippen LogP contribution in [0.5, 0.6) is 0 Å². The van der Waals surface area contributed by atoms with Crippen LogP contribution in [-0.4, -0.2) is 34.1 Å². The standard InChI is InChI=1S/C15H17N5OS/c21-13(12-6-2-1-3-7-12)20-15(22)19-11-5-10-18-14-16-8-4-9-17-14/h1-4,6-9H,5,10-11H2,(H,16,17,18)(H2,19,20,21,22). The van der Waals surface area contributed by atoms with Crippen molar-refractivity contribution in [2.45, 2.75) is 6.42 Å². The van der Waals surface area contributed by atoms with Gasteiger partial charge >= 0.3 is 0 Å². The van der Waals surface area contributed by atoms with E-state index in [0.29, 0.717) is 29.7 Å². The summed E-state index contributed by atoms with van der Waals surface area (Å²) in [5, 5.41) is 9.05. The van der Waals surface area contributed by atoms with Crippen molar-refractivity contribution < 1.29 is 4.79 Å². The molecule has 0 aliphatic carbocycles. The maximum Gasteiger partial charge on any atom is 0.257 e. The van der Waals surface area contributed by atoms with Gasteiger partial charge in [0.15, 0.2) is 5.11 Å². The van der Waals surface area contributed by atoms with Crippen molar-refractivity contribution in [3.63, 3.8) is 0 Å². The van der Waals surface area contributed by atoms with E-state index in [1.807, 2.05) is 18.2 Å². The molecule has 0 radical (unpaired) electrons. The molecule has 1 aromatic heterocycles. The van der Waals surface area contributed by atoms with Crippen LogP contribution in [0.3, 0.4) is 0 Å². The smallest absolute Gasteiger partial charge is 0.257 e. The molecule has 22 heavy (non-hydrogen) atoms. The second-order valence-corrected chi connectivity index (χ2v) is 4.84. The number of benzene rings is 1.